The van der Waals surface area contributed by atoms with Crippen molar-refractivity contribution in [1.82, 2.24) is 20.4 Å². The molecule has 2 aliphatic rings. The standard InChI is InChI=1S/C19H39N5.HI/c1-16(2)15-24-12-9-17(10-13-24)22-19(20-3)21-11-14-23(4)18-7-5-6-8-18;/h16-18H,5-15H2,1-4H3,(H2,20,21,22);1H. The number of nitrogens with zero attached hydrogens (tertiary/aromatic N) is 3. The third-order valence-electron chi connectivity index (χ3n) is 5.48. The Morgan fingerprint density at radius 1 is 1.16 bits per heavy atom. The van der Waals surface area contributed by atoms with Crippen LogP contribution in [0.3, 0.4) is 0 Å². The molecule has 0 aromatic carbocycles. The Hall–Kier alpha value is -0.0800. The molecule has 0 bridgehead atoms. The molecule has 2 fully saturated rings. The first-order valence-electron chi connectivity index (χ1n) is 9.98. The van der Waals surface area contributed by atoms with Crippen LogP contribution in [0, 0.1) is 5.92 Å². The Bertz CT molecular complexity index is 374. The van der Waals surface area contributed by atoms with Crippen molar-refractivity contribution < 1.29 is 0 Å². The predicted molar refractivity (Wildman–Crippen MR) is 119 cm³/mol. The fourth-order valence-electron chi connectivity index (χ4n) is 4.04. The van der Waals surface area contributed by atoms with Gasteiger partial charge < -0.3 is 20.4 Å². The summed E-state index contributed by atoms with van der Waals surface area (Å²) in [6.07, 6.45) is 7.99. The highest BCUT2D eigenvalue weighted by molar-refractivity contribution is 14.0. The molecule has 148 valence electrons. The quantitative estimate of drug-likeness (QED) is 0.345. The molecule has 1 aliphatic heterocycles. The van der Waals surface area contributed by atoms with E-state index in [2.05, 4.69) is 46.3 Å². The monoisotopic (exact) mass is 465 g/mol. The Kier molecular flexibility index (Phi) is 11.3. The van der Waals surface area contributed by atoms with Gasteiger partial charge in [-0.15, -0.1) is 24.0 Å². The molecule has 6 heteroatoms. The fourth-order valence-corrected chi connectivity index (χ4v) is 4.04. The first kappa shape index (κ1) is 23.0. The minimum atomic E-state index is 0. The maximum Gasteiger partial charge on any atom is 0.191 e. The highest BCUT2D eigenvalue weighted by atomic mass is 127. The Balaban J connectivity index is 0.00000312. The molecule has 1 heterocycles. The van der Waals surface area contributed by atoms with E-state index in [1.807, 2.05) is 7.05 Å². The van der Waals surface area contributed by atoms with E-state index in [0.29, 0.717) is 6.04 Å². The van der Waals surface area contributed by atoms with Gasteiger partial charge in [0.2, 0.25) is 0 Å². The van der Waals surface area contributed by atoms with Crippen molar-refractivity contribution in [1.29, 1.82) is 0 Å². The lowest BCUT2D eigenvalue weighted by atomic mass is 10.0. The van der Waals surface area contributed by atoms with E-state index in [-0.39, 0.29) is 24.0 Å². The van der Waals surface area contributed by atoms with Crippen LogP contribution >= 0.6 is 24.0 Å². The van der Waals surface area contributed by atoms with Crippen LogP contribution < -0.4 is 10.6 Å². The zero-order chi connectivity index (χ0) is 17.4. The van der Waals surface area contributed by atoms with Gasteiger partial charge in [0, 0.05) is 51.9 Å². The van der Waals surface area contributed by atoms with Gasteiger partial charge in [-0.25, -0.2) is 0 Å². The minimum absolute atomic E-state index is 0. The first-order chi connectivity index (χ1) is 11.6. The van der Waals surface area contributed by atoms with Crippen molar-refractivity contribution in [3.05, 3.63) is 0 Å². The molecule has 1 aliphatic carbocycles. The van der Waals surface area contributed by atoms with Gasteiger partial charge in [0.05, 0.1) is 0 Å². The van der Waals surface area contributed by atoms with Gasteiger partial charge in [-0.05, 0) is 38.6 Å². The normalized spacial score (nSPS) is 21.0. The average Bonchev–Trinajstić information content (AvgIpc) is 3.09. The second-order valence-corrected chi connectivity index (χ2v) is 8.03. The lowest BCUT2D eigenvalue weighted by Crippen LogP contribution is -2.50. The van der Waals surface area contributed by atoms with Crippen LogP contribution in [-0.4, -0.2) is 74.7 Å². The van der Waals surface area contributed by atoms with E-state index in [9.17, 15) is 0 Å². The van der Waals surface area contributed by atoms with Gasteiger partial charge in [0.1, 0.15) is 0 Å². The average molecular weight is 465 g/mol. The second kappa shape index (κ2) is 12.3. The van der Waals surface area contributed by atoms with Crippen molar-refractivity contribution in [2.24, 2.45) is 10.9 Å². The number of rotatable bonds is 7. The lowest BCUT2D eigenvalue weighted by Gasteiger charge is -2.34. The molecule has 0 radical (unpaired) electrons. The molecule has 1 saturated carbocycles. The van der Waals surface area contributed by atoms with Gasteiger partial charge in [0.15, 0.2) is 5.96 Å². The molecule has 0 spiro atoms. The van der Waals surface area contributed by atoms with Crippen molar-refractivity contribution in [2.75, 3.05) is 46.8 Å². The summed E-state index contributed by atoms with van der Waals surface area (Å²) in [6, 6.07) is 1.36. The summed E-state index contributed by atoms with van der Waals surface area (Å²) in [5.74, 6) is 1.73. The van der Waals surface area contributed by atoms with Gasteiger partial charge >= 0.3 is 0 Å². The van der Waals surface area contributed by atoms with E-state index >= 15 is 0 Å². The highest BCUT2D eigenvalue weighted by Crippen LogP contribution is 2.21. The predicted octanol–water partition coefficient (Wildman–Crippen LogP) is 2.76. The number of halogens is 1. The molecule has 0 atom stereocenters. The highest BCUT2D eigenvalue weighted by Gasteiger charge is 2.21. The molecule has 0 aromatic rings. The number of guanidine groups is 1. The zero-order valence-corrected chi connectivity index (χ0v) is 19.1. The van der Waals surface area contributed by atoms with Crippen molar-refractivity contribution in [3.8, 4) is 0 Å². The van der Waals surface area contributed by atoms with E-state index in [1.54, 1.807) is 0 Å². The van der Waals surface area contributed by atoms with E-state index in [1.165, 1.54) is 58.2 Å². The number of hydrogen-bond acceptors (Lipinski definition) is 3. The van der Waals surface area contributed by atoms with Crippen LogP contribution in [-0.2, 0) is 0 Å². The molecular weight excluding hydrogens is 425 g/mol. The smallest absolute Gasteiger partial charge is 0.191 e. The Morgan fingerprint density at radius 3 is 2.36 bits per heavy atom. The summed E-state index contributed by atoms with van der Waals surface area (Å²) < 4.78 is 0. The molecule has 5 nitrogen and oxygen atoms in total. The number of aliphatic imine (C=N–C) groups is 1. The summed E-state index contributed by atoms with van der Waals surface area (Å²) in [5, 5.41) is 7.11. The van der Waals surface area contributed by atoms with E-state index in [0.717, 1.165) is 31.0 Å². The molecule has 2 N–H and O–H groups in total. The number of nitrogens with one attached hydrogen (secondary N) is 2. The summed E-state index contributed by atoms with van der Waals surface area (Å²) >= 11 is 0. The number of likely N-dealkylation sites (N-methyl/N-ethyl adjacent to an activating group) is 1. The summed E-state index contributed by atoms with van der Waals surface area (Å²) in [5.41, 5.74) is 0. The summed E-state index contributed by atoms with van der Waals surface area (Å²) in [6.45, 7) is 10.3. The molecule has 0 unspecified atom stereocenters. The fraction of sp³-hybridized carbons (Fsp3) is 0.947. The van der Waals surface area contributed by atoms with E-state index in [4.69, 9.17) is 0 Å². The molecule has 0 amide bonds. The van der Waals surface area contributed by atoms with Gasteiger partial charge in [-0.3, -0.25) is 4.99 Å². The van der Waals surface area contributed by atoms with Gasteiger partial charge in [-0.1, -0.05) is 26.7 Å². The largest absolute Gasteiger partial charge is 0.355 e. The summed E-state index contributed by atoms with van der Waals surface area (Å²) in [4.78, 5) is 9.51. The Labute approximate surface area is 172 Å². The maximum atomic E-state index is 4.41. The second-order valence-electron chi connectivity index (χ2n) is 8.03. The Morgan fingerprint density at radius 2 is 1.80 bits per heavy atom. The van der Waals surface area contributed by atoms with Crippen LogP contribution in [0.4, 0.5) is 0 Å². The van der Waals surface area contributed by atoms with E-state index < -0.39 is 0 Å². The van der Waals surface area contributed by atoms with Gasteiger partial charge in [-0.2, -0.15) is 0 Å². The molecule has 2 rings (SSSR count). The molecule has 0 aromatic heterocycles. The van der Waals surface area contributed by atoms with Crippen molar-refractivity contribution >= 4 is 29.9 Å². The van der Waals surface area contributed by atoms with Crippen LogP contribution in [0.15, 0.2) is 4.99 Å². The zero-order valence-electron chi connectivity index (χ0n) is 16.8. The van der Waals surface area contributed by atoms with Crippen molar-refractivity contribution in [2.45, 2.75) is 64.5 Å². The van der Waals surface area contributed by atoms with Crippen LogP contribution in [0.1, 0.15) is 52.4 Å². The minimum Gasteiger partial charge on any atom is -0.355 e. The molecular formula is C19H40IN5. The number of likely N-dealkylation sites (tertiary alicyclic amines) is 1. The topological polar surface area (TPSA) is 42.9 Å². The van der Waals surface area contributed by atoms with Crippen LogP contribution in [0.5, 0.6) is 0 Å². The first-order valence-corrected chi connectivity index (χ1v) is 9.98. The third-order valence-corrected chi connectivity index (χ3v) is 5.48. The number of hydrogen-bond donors (Lipinski definition) is 2. The van der Waals surface area contributed by atoms with Crippen LogP contribution in [0.2, 0.25) is 0 Å². The third kappa shape index (κ3) is 8.43. The SMILES string of the molecule is CN=C(NCCN(C)C1CCCC1)NC1CCN(CC(C)C)CC1.I. The maximum absolute atomic E-state index is 4.41. The molecule has 1 saturated heterocycles. The van der Waals surface area contributed by atoms with Crippen molar-refractivity contribution in [3.63, 3.8) is 0 Å². The molecule has 25 heavy (non-hydrogen) atoms. The number of piperidine rings is 1. The van der Waals surface area contributed by atoms with Crippen LogP contribution in [0.25, 0.3) is 0 Å². The summed E-state index contributed by atoms with van der Waals surface area (Å²) in [7, 11) is 4.14. The lowest BCUT2D eigenvalue weighted by molar-refractivity contribution is 0.186. The van der Waals surface area contributed by atoms with Gasteiger partial charge in [0.25, 0.3) is 0 Å².